The molecule has 0 aliphatic carbocycles. The molecule has 3 heteroatoms. The highest BCUT2D eigenvalue weighted by atomic mass is 16.4. The predicted molar refractivity (Wildman–Crippen MR) is 77.3 cm³/mol. The van der Waals surface area contributed by atoms with E-state index in [2.05, 4.69) is 36.7 Å². The Labute approximate surface area is 113 Å². The van der Waals surface area contributed by atoms with Gasteiger partial charge in [0, 0.05) is 23.6 Å². The molecule has 0 radical (unpaired) electrons. The molecule has 0 amide bonds. The molecular formula is C16H21NO2. The fourth-order valence-corrected chi connectivity index (χ4v) is 2.43. The normalized spacial score (nSPS) is 13.1. The van der Waals surface area contributed by atoms with Crippen LogP contribution in [-0.4, -0.2) is 15.6 Å². The van der Waals surface area contributed by atoms with Gasteiger partial charge in [0.25, 0.3) is 0 Å². The quantitative estimate of drug-likeness (QED) is 0.892. The van der Waals surface area contributed by atoms with Gasteiger partial charge in [0.2, 0.25) is 0 Å². The maximum atomic E-state index is 11.0. The topological polar surface area (TPSA) is 42.2 Å². The zero-order chi connectivity index (χ0) is 14.0. The molecule has 2 aromatic rings. The van der Waals surface area contributed by atoms with Gasteiger partial charge in [-0.15, -0.1) is 0 Å². The van der Waals surface area contributed by atoms with Crippen LogP contribution >= 0.6 is 0 Å². The Kier molecular flexibility index (Phi) is 3.93. The van der Waals surface area contributed by atoms with Gasteiger partial charge < -0.3 is 9.67 Å². The monoisotopic (exact) mass is 259 g/mol. The Morgan fingerprint density at radius 3 is 2.63 bits per heavy atom. The Morgan fingerprint density at radius 2 is 2.00 bits per heavy atom. The van der Waals surface area contributed by atoms with Crippen LogP contribution in [-0.2, 0) is 17.8 Å². The van der Waals surface area contributed by atoms with Gasteiger partial charge in [0.15, 0.2) is 0 Å². The number of benzene rings is 1. The van der Waals surface area contributed by atoms with Crippen LogP contribution in [0.2, 0.25) is 0 Å². The first-order chi connectivity index (χ1) is 8.99. The molecule has 3 nitrogen and oxygen atoms in total. The molecule has 0 saturated carbocycles. The number of hydrogen-bond acceptors (Lipinski definition) is 1. The largest absolute Gasteiger partial charge is 0.481 e. The highest BCUT2D eigenvalue weighted by Gasteiger charge is 2.14. The number of hydrogen-bond donors (Lipinski definition) is 1. The van der Waals surface area contributed by atoms with Gasteiger partial charge in [-0.25, -0.2) is 0 Å². The van der Waals surface area contributed by atoms with E-state index in [4.69, 9.17) is 5.11 Å². The van der Waals surface area contributed by atoms with Gasteiger partial charge in [-0.05, 0) is 30.0 Å². The van der Waals surface area contributed by atoms with E-state index in [1.54, 1.807) is 6.92 Å². The van der Waals surface area contributed by atoms with Crippen LogP contribution in [0.25, 0.3) is 10.9 Å². The molecule has 1 unspecified atom stereocenters. The van der Waals surface area contributed by atoms with Crippen molar-refractivity contribution in [2.75, 3.05) is 0 Å². The van der Waals surface area contributed by atoms with E-state index in [1.165, 1.54) is 10.9 Å². The molecule has 0 spiro atoms. The number of aliphatic carboxylic acids is 1. The minimum atomic E-state index is -0.737. The molecule has 1 N–H and O–H groups in total. The molecule has 0 aliphatic heterocycles. The van der Waals surface area contributed by atoms with Crippen LogP contribution < -0.4 is 0 Å². The van der Waals surface area contributed by atoms with Gasteiger partial charge in [0.05, 0.1) is 5.92 Å². The minimum absolute atomic E-state index is 0.348. The number of carbonyl (C=O) groups is 1. The van der Waals surface area contributed by atoms with Gasteiger partial charge >= 0.3 is 5.97 Å². The lowest BCUT2D eigenvalue weighted by Crippen LogP contribution is -2.12. The average molecular weight is 259 g/mol. The zero-order valence-corrected chi connectivity index (χ0v) is 11.8. The van der Waals surface area contributed by atoms with Gasteiger partial charge in [0.1, 0.15) is 0 Å². The number of fused-ring (bicyclic) bond motifs is 1. The third-order valence-electron chi connectivity index (χ3n) is 3.41. The van der Waals surface area contributed by atoms with Crippen molar-refractivity contribution in [3.05, 3.63) is 36.0 Å². The van der Waals surface area contributed by atoms with Gasteiger partial charge in [-0.1, -0.05) is 32.9 Å². The van der Waals surface area contributed by atoms with Crippen molar-refractivity contribution in [3.8, 4) is 0 Å². The van der Waals surface area contributed by atoms with E-state index in [9.17, 15) is 4.79 Å². The van der Waals surface area contributed by atoms with Crippen LogP contribution in [0.3, 0.4) is 0 Å². The molecule has 1 heterocycles. The van der Waals surface area contributed by atoms with Crippen molar-refractivity contribution in [2.24, 2.45) is 11.8 Å². The lowest BCUT2D eigenvalue weighted by atomic mass is 9.98. The number of rotatable bonds is 5. The molecule has 1 aromatic heterocycles. The summed E-state index contributed by atoms with van der Waals surface area (Å²) in [7, 11) is 0. The molecule has 0 aliphatic rings. The number of aromatic nitrogens is 1. The molecule has 0 bridgehead atoms. The van der Waals surface area contributed by atoms with Crippen LogP contribution in [0.15, 0.2) is 30.5 Å². The van der Waals surface area contributed by atoms with Crippen LogP contribution in [0.1, 0.15) is 26.3 Å². The summed E-state index contributed by atoms with van der Waals surface area (Å²) >= 11 is 0. The highest BCUT2D eigenvalue weighted by molar-refractivity contribution is 5.84. The summed E-state index contributed by atoms with van der Waals surface area (Å²) in [6.45, 7) is 7.14. The third kappa shape index (κ3) is 2.98. The summed E-state index contributed by atoms with van der Waals surface area (Å²) in [5.74, 6) is -0.491. The van der Waals surface area contributed by atoms with Crippen molar-refractivity contribution >= 4 is 16.9 Å². The SMILES string of the molecule is CC(C)Cn1ccc2c(CC(C)C(=O)O)cccc21. The molecular weight excluding hydrogens is 238 g/mol. The fourth-order valence-electron chi connectivity index (χ4n) is 2.43. The fraction of sp³-hybridized carbons (Fsp3) is 0.438. The van der Waals surface area contributed by atoms with E-state index in [1.807, 2.05) is 12.1 Å². The summed E-state index contributed by atoms with van der Waals surface area (Å²) in [5.41, 5.74) is 2.32. The molecule has 1 aromatic carbocycles. The Morgan fingerprint density at radius 1 is 1.26 bits per heavy atom. The Hall–Kier alpha value is -1.77. The third-order valence-corrected chi connectivity index (χ3v) is 3.41. The average Bonchev–Trinajstić information content (AvgIpc) is 2.73. The summed E-state index contributed by atoms with van der Waals surface area (Å²) in [6.07, 6.45) is 2.68. The van der Waals surface area contributed by atoms with Crippen molar-refractivity contribution in [1.82, 2.24) is 4.57 Å². The maximum Gasteiger partial charge on any atom is 0.306 e. The van der Waals surface area contributed by atoms with E-state index >= 15 is 0 Å². The summed E-state index contributed by atoms with van der Waals surface area (Å²) < 4.78 is 2.24. The smallest absolute Gasteiger partial charge is 0.306 e. The molecule has 0 saturated heterocycles. The molecule has 102 valence electrons. The number of nitrogens with zero attached hydrogens (tertiary/aromatic N) is 1. The summed E-state index contributed by atoms with van der Waals surface area (Å²) in [6, 6.07) is 8.25. The van der Waals surface area contributed by atoms with Crippen molar-refractivity contribution in [3.63, 3.8) is 0 Å². The first-order valence-electron chi connectivity index (χ1n) is 6.78. The maximum absolute atomic E-state index is 11.0. The van der Waals surface area contributed by atoms with Gasteiger partial charge in [-0.3, -0.25) is 4.79 Å². The summed E-state index contributed by atoms with van der Waals surface area (Å²) in [4.78, 5) is 11.0. The summed E-state index contributed by atoms with van der Waals surface area (Å²) in [5, 5.41) is 10.2. The van der Waals surface area contributed by atoms with E-state index < -0.39 is 5.97 Å². The van der Waals surface area contributed by atoms with Crippen molar-refractivity contribution in [2.45, 2.75) is 33.7 Å². The van der Waals surface area contributed by atoms with Crippen molar-refractivity contribution in [1.29, 1.82) is 0 Å². The van der Waals surface area contributed by atoms with Crippen molar-refractivity contribution < 1.29 is 9.90 Å². The Bertz CT molecular complexity index is 583. The lowest BCUT2D eigenvalue weighted by Gasteiger charge is -2.10. The Balaban J connectivity index is 2.36. The van der Waals surface area contributed by atoms with E-state index in [-0.39, 0.29) is 5.92 Å². The number of carboxylic acid groups (broad SMARTS) is 1. The molecule has 2 rings (SSSR count). The molecule has 1 atom stereocenters. The second kappa shape index (κ2) is 5.47. The van der Waals surface area contributed by atoms with Crippen LogP contribution in [0, 0.1) is 11.8 Å². The first kappa shape index (κ1) is 13.7. The second-order valence-corrected chi connectivity index (χ2v) is 5.66. The standard InChI is InChI=1S/C16H21NO2/c1-11(2)10-17-8-7-14-13(5-4-6-15(14)17)9-12(3)16(18)19/h4-8,11-12H,9-10H2,1-3H3,(H,18,19). The zero-order valence-electron chi connectivity index (χ0n) is 11.8. The van der Waals surface area contributed by atoms with Gasteiger partial charge in [-0.2, -0.15) is 0 Å². The predicted octanol–water partition coefficient (Wildman–Crippen LogP) is 3.56. The highest BCUT2D eigenvalue weighted by Crippen LogP contribution is 2.23. The van der Waals surface area contributed by atoms with E-state index in [0.29, 0.717) is 12.3 Å². The first-order valence-corrected chi connectivity index (χ1v) is 6.78. The van der Waals surface area contributed by atoms with E-state index in [0.717, 1.165) is 12.1 Å². The lowest BCUT2D eigenvalue weighted by molar-refractivity contribution is -0.141. The molecule has 19 heavy (non-hydrogen) atoms. The van der Waals surface area contributed by atoms with Crippen LogP contribution in [0.5, 0.6) is 0 Å². The molecule has 0 fully saturated rings. The minimum Gasteiger partial charge on any atom is -0.481 e. The van der Waals surface area contributed by atoms with Crippen LogP contribution in [0.4, 0.5) is 0 Å². The number of carboxylic acids is 1. The second-order valence-electron chi connectivity index (χ2n) is 5.66.